The van der Waals surface area contributed by atoms with Crippen LogP contribution in [0.25, 0.3) is 0 Å². The summed E-state index contributed by atoms with van der Waals surface area (Å²) in [5, 5.41) is 0. The first kappa shape index (κ1) is 16.2. The third-order valence-electron chi connectivity index (χ3n) is 3.70. The maximum atomic E-state index is 13.9. The van der Waals surface area contributed by atoms with Crippen molar-refractivity contribution in [2.24, 2.45) is 11.7 Å². The van der Waals surface area contributed by atoms with Crippen molar-refractivity contribution < 1.29 is 17.6 Å². The molecule has 1 atom stereocenters. The topological polar surface area (TPSA) is 29.3 Å². The van der Waals surface area contributed by atoms with Crippen molar-refractivity contribution in [3.8, 4) is 0 Å². The van der Waals surface area contributed by atoms with Crippen LogP contribution in [0.1, 0.15) is 24.0 Å². The average molecular weight is 320 g/mol. The van der Waals surface area contributed by atoms with Gasteiger partial charge in [0.1, 0.15) is 10.8 Å². The molecule has 1 fully saturated rings. The summed E-state index contributed by atoms with van der Waals surface area (Å²) in [5.74, 6) is -1.82. The van der Waals surface area contributed by atoms with E-state index in [-0.39, 0.29) is 24.5 Å². The second kappa shape index (κ2) is 6.27. The summed E-state index contributed by atoms with van der Waals surface area (Å²) in [7, 11) is 0. The highest BCUT2D eigenvalue weighted by atomic mass is 32.1. The molecular weight excluding hydrogens is 304 g/mol. The van der Waals surface area contributed by atoms with E-state index in [4.69, 9.17) is 18.0 Å². The molecule has 2 N–H and O–H groups in total. The van der Waals surface area contributed by atoms with E-state index in [1.807, 2.05) is 0 Å². The van der Waals surface area contributed by atoms with Crippen LogP contribution in [0.2, 0.25) is 0 Å². The van der Waals surface area contributed by atoms with Crippen molar-refractivity contribution in [1.29, 1.82) is 0 Å². The largest absolute Gasteiger partial charge is 0.393 e. The van der Waals surface area contributed by atoms with Crippen LogP contribution < -0.4 is 5.73 Å². The van der Waals surface area contributed by atoms with Crippen LogP contribution in [-0.2, 0) is 6.54 Å². The molecule has 0 amide bonds. The zero-order valence-electron chi connectivity index (χ0n) is 11.3. The number of hydrogen-bond donors (Lipinski definition) is 1. The quantitative estimate of drug-likeness (QED) is 0.685. The van der Waals surface area contributed by atoms with E-state index in [1.165, 1.54) is 12.1 Å². The molecule has 1 aromatic rings. The minimum absolute atomic E-state index is 0.0833. The number of nitrogens with zero attached hydrogens (tertiary/aromatic N) is 1. The number of thiocarbonyl (C=S) groups is 1. The van der Waals surface area contributed by atoms with Crippen LogP contribution in [-0.4, -0.2) is 29.2 Å². The fourth-order valence-electron chi connectivity index (χ4n) is 2.54. The molecular formula is C14H16F4N2S. The Bertz CT molecular complexity index is 530. The SMILES string of the molecule is NC(=S)c1ccc(CN2CCCC(C(F)(F)F)C2)c(F)c1. The zero-order valence-corrected chi connectivity index (χ0v) is 12.1. The molecule has 0 radical (unpaired) electrons. The van der Waals surface area contributed by atoms with Gasteiger partial charge >= 0.3 is 6.18 Å². The summed E-state index contributed by atoms with van der Waals surface area (Å²) in [6.45, 7) is 0.624. The minimum Gasteiger partial charge on any atom is -0.389 e. The molecule has 0 aliphatic carbocycles. The van der Waals surface area contributed by atoms with Crippen LogP contribution in [0.4, 0.5) is 17.6 Å². The highest BCUT2D eigenvalue weighted by molar-refractivity contribution is 7.80. The van der Waals surface area contributed by atoms with Crippen LogP contribution in [0, 0.1) is 11.7 Å². The van der Waals surface area contributed by atoms with Gasteiger partial charge in [-0.2, -0.15) is 13.2 Å². The van der Waals surface area contributed by atoms with E-state index in [1.54, 1.807) is 11.0 Å². The number of alkyl halides is 3. The van der Waals surface area contributed by atoms with Crippen LogP contribution in [0.3, 0.4) is 0 Å². The van der Waals surface area contributed by atoms with Gasteiger partial charge < -0.3 is 5.73 Å². The summed E-state index contributed by atoms with van der Waals surface area (Å²) < 4.78 is 52.2. The monoisotopic (exact) mass is 320 g/mol. The first-order chi connectivity index (χ1) is 9.77. The van der Waals surface area contributed by atoms with Crippen molar-refractivity contribution >= 4 is 17.2 Å². The van der Waals surface area contributed by atoms with Gasteiger partial charge in [0.05, 0.1) is 5.92 Å². The molecule has 0 spiro atoms. The predicted octanol–water partition coefficient (Wildman–Crippen LogP) is 3.23. The fourth-order valence-corrected chi connectivity index (χ4v) is 2.66. The van der Waals surface area contributed by atoms with Gasteiger partial charge in [0.25, 0.3) is 0 Å². The van der Waals surface area contributed by atoms with Gasteiger partial charge in [-0.15, -0.1) is 0 Å². The van der Waals surface area contributed by atoms with Crippen LogP contribution >= 0.6 is 12.2 Å². The second-order valence-corrected chi connectivity index (χ2v) is 5.73. The van der Waals surface area contributed by atoms with Gasteiger partial charge in [0, 0.05) is 24.2 Å². The summed E-state index contributed by atoms with van der Waals surface area (Å²) in [6.07, 6.45) is -3.58. The number of nitrogens with two attached hydrogens (primary N) is 1. The highest BCUT2D eigenvalue weighted by Gasteiger charge is 2.41. The Hall–Kier alpha value is -1.21. The Kier molecular flexibility index (Phi) is 4.83. The molecule has 2 rings (SSSR count). The molecule has 21 heavy (non-hydrogen) atoms. The van der Waals surface area contributed by atoms with Crippen LogP contribution in [0.5, 0.6) is 0 Å². The lowest BCUT2D eigenvalue weighted by atomic mass is 9.97. The third kappa shape index (κ3) is 4.14. The van der Waals surface area contributed by atoms with E-state index >= 15 is 0 Å². The molecule has 1 aliphatic rings. The molecule has 0 saturated carbocycles. The number of hydrogen-bond acceptors (Lipinski definition) is 2. The van der Waals surface area contributed by atoms with Gasteiger partial charge in [0.2, 0.25) is 0 Å². The van der Waals surface area contributed by atoms with Crippen molar-refractivity contribution in [1.82, 2.24) is 4.90 Å². The maximum Gasteiger partial charge on any atom is 0.393 e. The molecule has 1 heterocycles. The van der Waals surface area contributed by atoms with E-state index < -0.39 is 17.9 Å². The predicted molar refractivity (Wildman–Crippen MR) is 76.3 cm³/mol. The van der Waals surface area contributed by atoms with Gasteiger partial charge in [-0.25, -0.2) is 4.39 Å². The lowest BCUT2D eigenvalue weighted by molar-refractivity contribution is -0.187. The Morgan fingerprint density at radius 2 is 2.10 bits per heavy atom. The fraction of sp³-hybridized carbons (Fsp3) is 0.500. The average Bonchev–Trinajstić information content (AvgIpc) is 2.40. The number of piperidine rings is 1. The normalized spacial score (nSPS) is 20.5. The van der Waals surface area contributed by atoms with E-state index in [2.05, 4.69) is 0 Å². The van der Waals surface area contributed by atoms with Gasteiger partial charge in [-0.3, -0.25) is 4.90 Å². The Balaban J connectivity index is 2.06. The standard InChI is InChI=1S/C14H16F4N2S/c15-12-6-9(13(19)21)3-4-10(12)7-20-5-1-2-11(8-20)14(16,17)18/h3-4,6,11H,1-2,5,7-8H2,(H2,19,21). The van der Waals surface area contributed by atoms with Crippen molar-refractivity contribution in [2.45, 2.75) is 25.6 Å². The number of benzene rings is 1. The second-order valence-electron chi connectivity index (χ2n) is 5.29. The maximum absolute atomic E-state index is 13.9. The molecule has 7 heteroatoms. The zero-order chi connectivity index (χ0) is 15.6. The smallest absolute Gasteiger partial charge is 0.389 e. The molecule has 0 bridgehead atoms. The Labute approximate surface area is 125 Å². The summed E-state index contributed by atoms with van der Waals surface area (Å²) >= 11 is 4.76. The molecule has 0 aromatic heterocycles. The first-order valence-electron chi connectivity index (χ1n) is 6.64. The van der Waals surface area contributed by atoms with Gasteiger partial charge in [-0.1, -0.05) is 24.4 Å². The number of rotatable bonds is 3. The van der Waals surface area contributed by atoms with E-state index in [0.29, 0.717) is 24.1 Å². The van der Waals surface area contributed by atoms with E-state index in [9.17, 15) is 17.6 Å². The number of likely N-dealkylation sites (tertiary alicyclic amines) is 1. The first-order valence-corrected chi connectivity index (χ1v) is 7.05. The lowest BCUT2D eigenvalue weighted by Crippen LogP contribution is -2.41. The summed E-state index contributed by atoms with van der Waals surface area (Å²) in [6, 6.07) is 4.34. The lowest BCUT2D eigenvalue weighted by Gasteiger charge is -2.33. The molecule has 1 unspecified atom stereocenters. The summed E-state index contributed by atoms with van der Waals surface area (Å²) in [4.78, 5) is 1.73. The molecule has 1 saturated heterocycles. The van der Waals surface area contributed by atoms with Gasteiger partial charge in [0.15, 0.2) is 0 Å². The van der Waals surface area contributed by atoms with Gasteiger partial charge in [-0.05, 0) is 25.5 Å². The van der Waals surface area contributed by atoms with Crippen molar-refractivity contribution in [3.63, 3.8) is 0 Å². The van der Waals surface area contributed by atoms with Crippen molar-refractivity contribution in [3.05, 3.63) is 35.1 Å². The molecule has 116 valence electrons. The highest BCUT2D eigenvalue weighted by Crippen LogP contribution is 2.33. The number of halogens is 4. The van der Waals surface area contributed by atoms with Crippen LogP contribution in [0.15, 0.2) is 18.2 Å². The van der Waals surface area contributed by atoms with E-state index in [0.717, 1.165) is 0 Å². The minimum atomic E-state index is -4.19. The van der Waals surface area contributed by atoms with Crippen molar-refractivity contribution in [2.75, 3.05) is 13.1 Å². The molecule has 1 aromatic carbocycles. The summed E-state index contributed by atoms with van der Waals surface area (Å²) in [5.41, 5.74) is 6.19. The third-order valence-corrected chi connectivity index (χ3v) is 3.94. The Morgan fingerprint density at radius 1 is 1.38 bits per heavy atom. The molecule has 2 nitrogen and oxygen atoms in total. The molecule has 1 aliphatic heterocycles. The Morgan fingerprint density at radius 3 is 2.67 bits per heavy atom.